The number of furan rings is 1. The summed E-state index contributed by atoms with van der Waals surface area (Å²) in [4.78, 5) is 6.98. The van der Waals surface area contributed by atoms with Gasteiger partial charge in [-0.1, -0.05) is 18.9 Å². The van der Waals surface area contributed by atoms with Crippen molar-refractivity contribution in [1.82, 2.24) is 15.2 Å². The summed E-state index contributed by atoms with van der Waals surface area (Å²) in [6.07, 6.45) is 6.67. The highest BCUT2D eigenvalue weighted by Gasteiger charge is 2.45. The number of nitrogens with zero attached hydrogens (tertiary/aromatic N) is 2. The predicted octanol–water partition coefficient (Wildman–Crippen LogP) is 5.66. The van der Waals surface area contributed by atoms with E-state index in [4.69, 9.17) is 21.4 Å². The van der Waals surface area contributed by atoms with Gasteiger partial charge in [0, 0.05) is 17.8 Å². The van der Waals surface area contributed by atoms with Crippen LogP contribution in [0, 0.1) is 0 Å². The lowest BCUT2D eigenvalue weighted by atomic mass is 10.0. The summed E-state index contributed by atoms with van der Waals surface area (Å²) in [6, 6.07) is 18.6. The molecular weight excluding hydrogens is 406 g/mol. The lowest BCUT2D eigenvalue weighted by Crippen LogP contribution is -2.37. The van der Waals surface area contributed by atoms with E-state index in [1.807, 2.05) is 49.5 Å². The molecule has 2 aromatic heterocycles. The number of benzene rings is 1. The molecule has 1 aliphatic carbocycles. The Bertz CT molecular complexity index is 1030. The Morgan fingerprint density at radius 1 is 1.10 bits per heavy atom. The average Bonchev–Trinajstić information content (AvgIpc) is 3.55. The molecule has 2 atom stereocenters. The molecule has 2 fully saturated rings. The molecule has 31 heavy (non-hydrogen) atoms. The monoisotopic (exact) mass is 433 g/mol. The predicted molar refractivity (Wildman–Crippen MR) is 125 cm³/mol. The van der Waals surface area contributed by atoms with Crippen LogP contribution in [0.15, 0.2) is 65.2 Å². The summed E-state index contributed by atoms with van der Waals surface area (Å²) in [5.74, 6) is 2.63. The van der Waals surface area contributed by atoms with Gasteiger partial charge in [-0.05, 0) is 80.5 Å². The summed E-state index contributed by atoms with van der Waals surface area (Å²) < 4.78 is 12.0. The summed E-state index contributed by atoms with van der Waals surface area (Å²) in [7, 11) is 0. The molecule has 3 heterocycles. The SMILES string of the molecule is CCOc1ccc(-c2ccc([C@H]3[C@@H](c4ccccn4)NC(=S)N3C3CCCC3)o2)cc1. The van der Waals surface area contributed by atoms with E-state index in [1.165, 1.54) is 25.7 Å². The van der Waals surface area contributed by atoms with E-state index in [-0.39, 0.29) is 12.1 Å². The Morgan fingerprint density at radius 3 is 2.61 bits per heavy atom. The molecule has 0 amide bonds. The molecule has 1 aromatic carbocycles. The molecule has 0 unspecified atom stereocenters. The molecule has 6 heteroatoms. The minimum absolute atomic E-state index is 0.0121. The second-order valence-electron chi connectivity index (χ2n) is 8.13. The van der Waals surface area contributed by atoms with Gasteiger partial charge in [-0.2, -0.15) is 0 Å². The molecule has 0 spiro atoms. The first-order valence-corrected chi connectivity index (χ1v) is 11.5. The van der Waals surface area contributed by atoms with E-state index in [2.05, 4.69) is 33.4 Å². The minimum Gasteiger partial charge on any atom is -0.494 e. The third-order valence-corrected chi connectivity index (χ3v) is 6.55. The summed E-state index contributed by atoms with van der Waals surface area (Å²) >= 11 is 5.80. The van der Waals surface area contributed by atoms with Crippen LogP contribution in [0.5, 0.6) is 5.75 Å². The van der Waals surface area contributed by atoms with E-state index in [0.717, 1.165) is 33.6 Å². The second-order valence-corrected chi connectivity index (χ2v) is 8.52. The van der Waals surface area contributed by atoms with E-state index in [0.29, 0.717) is 12.6 Å². The zero-order chi connectivity index (χ0) is 21.2. The Morgan fingerprint density at radius 2 is 1.90 bits per heavy atom. The summed E-state index contributed by atoms with van der Waals surface area (Å²) in [5, 5.41) is 4.33. The van der Waals surface area contributed by atoms with E-state index in [1.54, 1.807) is 0 Å². The Hall–Kier alpha value is -2.86. The van der Waals surface area contributed by atoms with Crippen LogP contribution in [0.4, 0.5) is 0 Å². The number of thiocarbonyl (C=S) groups is 1. The van der Waals surface area contributed by atoms with Crippen LogP contribution in [0.3, 0.4) is 0 Å². The maximum atomic E-state index is 6.43. The molecule has 3 aromatic rings. The first-order valence-electron chi connectivity index (χ1n) is 11.1. The normalized spacial score (nSPS) is 21.5. The number of ether oxygens (including phenoxy) is 1. The molecular formula is C25H27N3O2S. The number of rotatable bonds is 6. The highest BCUT2D eigenvalue weighted by atomic mass is 32.1. The standard InChI is InChI=1S/C25H27N3O2S/c1-2-29-19-12-10-17(11-13-19)21-14-15-22(30-21)24-23(20-9-5-6-16-26-20)27-25(31)28(24)18-7-3-4-8-18/h5-6,9-16,18,23-24H,2-4,7-8H2,1H3,(H,27,31)/t23-,24+/m1/s1. The van der Waals surface area contributed by atoms with Gasteiger partial charge < -0.3 is 19.4 Å². The molecule has 1 saturated carbocycles. The van der Waals surface area contributed by atoms with Gasteiger partial charge >= 0.3 is 0 Å². The van der Waals surface area contributed by atoms with Crippen LogP contribution < -0.4 is 10.1 Å². The number of pyridine rings is 1. The van der Waals surface area contributed by atoms with Crippen LogP contribution in [0.25, 0.3) is 11.3 Å². The van der Waals surface area contributed by atoms with Crippen molar-refractivity contribution < 1.29 is 9.15 Å². The highest BCUT2D eigenvalue weighted by Crippen LogP contribution is 2.44. The maximum Gasteiger partial charge on any atom is 0.170 e. The van der Waals surface area contributed by atoms with Crippen molar-refractivity contribution in [1.29, 1.82) is 0 Å². The first kappa shape index (κ1) is 20.1. The van der Waals surface area contributed by atoms with Gasteiger partial charge in [0.1, 0.15) is 23.3 Å². The van der Waals surface area contributed by atoms with Gasteiger partial charge in [-0.15, -0.1) is 0 Å². The fraction of sp³-hybridized carbons (Fsp3) is 0.360. The molecule has 1 aliphatic heterocycles. The smallest absolute Gasteiger partial charge is 0.170 e. The lowest BCUT2D eigenvalue weighted by Gasteiger charge is -2.31. The fourth-order valence-corrected chi connectivity index (χ4v) is 5.18. The lowest BCUT2D eigenvalue weighted by molar-refractivity contribution is 0.218. The maximum absolute atomic E-state index is 6.43. The van der Waals surface area contributed by atoms with Crippen LogP contribution in [-0.2, 0) is 0 Å². The number of aromatic nitrogens is 1. The molecule has 0 bridgehead atoms. The quantitative estimate of drug-likeness (QED) is 0.507. The molecule has 160 valence electrons. The van der Waals surface area contributed by atoms with E-state index in [9.17, 15) is 0 Å². The van der Waals surface area contributed by atoms with Gasteiger partial charge in [0.25, 0.3) is 0 Å². The van der Waals surface area contributed by atoms with Crippen molar-refractivity contribution in [2.75, 3.05) is 6.61 Å². The zero-order valence-corrected chi connectivity index (χ0v) is 18.5. The van der Waals surface area contributed by atoms with Crippen molar-refractivity contribution in [2.24, 2.45) is 0 Å². The molecule has 5 rings (SSSR count). The van der Waals surface area contributed by atoms with Crippen molar-refractivity contribution in [3.05, 3.63) is 72.2 Å². The Kier molecular flexibility index (Phi) is 5.64. The molecule has 1 N–H and O–H groups in total. The molecule has 0 radical (unpaired) electrons. The van der Waals surface area contributed by atoms with Gasteiger partial charge in [-0.25, -0.2) is 0 Å². The van der Waals surface area contributed by atoms with E-state index < -0.39 is 0 Å². The molecule has 1 saturated heterocycles. The van der Waals surface area contributed by atoms with E-state index >= 15 is 0 Å². The van der Waals surface area contributed by atoms with Crippen molar-refractivity contribution >= 4 is 17.3 Å². The van der Waals surface area contributed by atoms with Crippen LogP contribution in [0.1, 0.15) is 56.1 Å². The number of nitrogens with one attached hydrogen (secondary N) is 1. The third-order valence-electron chi connectivity index (χ3n) is 6.22. The largest absolute Gasteiger partial charge is 0.494 e. The van der Waals surface area contributed by atoms with Crippen molar-refractivity contribution in [3.8, 4) is 17.1 Å². The minimum atomic E-state index is -0.0337. The zero-order valence-electron chi connectivity index (χ0n) is 17.7. The number of hydrogen-bond acceptors (Lipinski definition) is 4. The molecule has 5 nitrogen and oxygen atoms in total. The van der Waals surface area contributed by atoms with Gasteiger partial charge in [-0.3, -0.25) is 4.98 Å². The van der Waals surface area contributed by atoms with Gasteiger partial charge in [0.15, 0.2) is 5.11 Å². The third kappa shape index (κ3) is 3.92. The topological polar surface area (TPSA) is 50.5 Å². The number of hydrogen-bond donors (Lipinski definition) is 1. The van der Waals surface area contributed by atoms with Crippen LogP contribution >= 0.6 is 12.2 Å². The van der Waals surface area contributed by atoms with Gasteiger partial charge in [0.2, 0.25) is 0 Å². The van der Waals surface area contributed by atoms with Crippen molar-refractivity contribution in [3.63, 3.8) is 0 Å². The van der Waals surface area contributed by atoms with Gasteiger partial charge in [0.05, 0.1) is 18.3 Å². The summed E-state index contributed by atoms with van der Waals surface area (Å²) in [6.45, 7) is 2.64. The molecule has 2 aliphatic rings. The first-order chi connectivity index (χ1) is 15.2. The van der Waals surface area contributed by atoms with Crippen molar-refractivity contribution in [2.45, 2.75) is 50.7 Å². The Balaban J connectivity index is 1.49. The summed E-state index contributed by atoms with van der Waals surface area (Å²) in [5.41, 5.74) is 2.01. The fourth-order valence-electron chi connectivity index (χ4n) is 4.79. The average molecular weight is 434 g/mol. The van der Waals surface area contributed by atoms with Crippen LogP contribution in [0.2, 0.25) is 0 Å². The second kappa shape index (κ2) is 8.71. The van der Waals surface area contributed by atoms with Crippen LogP contribution in [-0.4, -0.2) is 27.6 Å². The Labute approximate surface area is 188 Å². The highest BCUT2D eigenvalue weighted by molar-refractivity contribution is 7.80.